The van der Waals surface area contributed by atoms with Crippen LogP contribution in [-0.2, 0) is 6.42 Å². The Morgan fingerprint density at radius 2 is 1.92 bits per heavy atom. The lowest BCUT2D eigenvalue weighted by atomic mass is 9.87. The first-order chi connectivity index (χ1) is 12.2. The Bertz CT molecular complexity index is 801. The van der Waals surface area contributed by atoms with Gasteiger partial charge in [-0.05, 0) is 54.7 Å². The molecular formula is C20H21N3O2. The van der Waals surface area contributed by atoms with E-state index in [4.69, 9.17) is 0 Å². The van der Waals surface area contributed by atoms with Gasteiger partial charge in [-0.3, -0.25) is 9.69 Å². The van der Waals surface area contributed by atoms with Crippen molar-refractivity contribution < 1.29 is 9.59 Å². The largest absolute Gasteiger partial charge is 0.345 e. The smallest absolute Gasteiger partial charge is 0.321 e. The molecule has 0 bridgehead atoms. The SMILES string of the molecule is O=C(NC1CCCc2ccccc21)c1ccc(N2CCNC2=O)cc1. The Morgan fingerprint density at radius 1 is 1.12 bits per heavy atom. The summed E-state index contributed by atoms with van der Waals surface area (Å²) in [5.41, 5.74) is 3.99. The van der Waals surface area contributed by atoms with Crippen molar-refractivity contribution in [2.45, 2.75) is 25.3 Å². The van der Waals surface area contributed by atoms with Crippen molar-refractivity contribution >= 4 is 17.6 Å². The van der Waals surface area contributed by atoms with E-state index in [1.165, 1.54) is 11.1 Å². The van der Waals surface area contributed by atoms with Crippen LogP contribution in [0.15, 0.2) is 48.5 Å². The van der Waals surface area contributed by atoms with Gasteiger partial charge in [-0.25, -0.2) is 4.79 Å². The van der Waals surface area contributed by atoms with Gasteiger partial charge in [0.25, 0.3) is 5.91 Å². The fraction of sp³-hybridized carbons (Fsp3) is 0.300. The van der Waals surface area contributed by atoms with Gasteiger partial charge in [0, 0.05) is 24.3 Å². The van der Waals surface area contributed by atoms with Crippen LogP contribution in [0.3, 0.4) is 0 Å². The maximum Gasteiger partial charge on any atom is 0.321 e. The molecule has 1 heterocycles. The van der Waals surface area contributed by atoms with E-state index < -0.39 is 0 Å². The zero-order valence-corrected chi connectivity index (χ0v) is 14.0. The highest BCUT2D eigenvalue weighted by Gasteiger charge is 2.23. The summed E-state index contributed by atoms with van der Waals surface area (Å²) < 4.78 is 0. The number of hydrogen-bond donors (Lipinski definition) is 2. The second-order valence-electron chi connectivity index (χ2n) is 6.55. The Labute approximate surface area is 147 Å². The van der Waals surface area contributed by atoms with Crippen molar-refractivity contribution in [3.63, 3.8) is 0 Å². The average molecular weight is 335 g/mol. The molecular weight excluding hydrogens is 314 g/mol. The quantitative estimate of drug-likeness (QED) is 0.906. The van der Waals surface area contributed by atoms with E-state index >= 15 is 0 Å². The maximum absolute atomic E-state index is 12.6. The Kier molecular flexibility index (Phi) is 4.14. The molecule has 1 unspecified atom stereocenters. The standard InChI is InChI=1S/C20H21N3O2/c24-19(22-18-7-3-5-14-4-1-2-6-17(14)18)15-8-10-16(11-9-15)23-13-12-21-20(23)25/h1-2,4,6,8-11,18H,3,5,7,12-13H2,(H,21,25)(H,22,24). The maximum atomic E-state index is 12.6. The zero-order chi connectivity index (χ0) is 17.2. The number of carbonyl (C=O) groups is 2. The molecule has 1 saturated heterocycles. The van der Waals surface area contributed by atoms with Gasteiger partial charge in [0.1, 0.15) is 0 Å². The van der Waals surface area contributed by atoms with Gasteiger partial charge >= 0.3 is 6.03 Å². The molecule has 2 aromatic carbocycles. The fourth-order valence-electron chi connectivity index (χ4n) is 3.66. The van der Waals surface area contributed by atoms with Crippen molar-refractivity contribution in [3.05, 3.63) is 65.2 Å². The number of aryl methyl sites for hydroxylation is 1. The molecule has 0 radical (unpaired) electrons. The number of hydrogen-bond acceptors (Lipinski definition) is 2. The summed E-state index contributed by atoms with van der Waals surface area (Å²) in [6.45, 7) is 1.31. The zero-order valence-electron chi connectivity index (χ0n) is 14.0. The predicted molar refractivity (Wildman–Crippen MR) is 96.8 cm³/mol. The average Bonchev–Trinajstić information content (AvgIpc) is 3.08. The van der Waals surface area contributed by atoms with E-state index in [-0.39, 0.29) is 18.0 Å². The molecule has 4 rings (SSSR count). The van der Waals surface area contributed by atoms with Crippen molar-refractivity contribution in [1.82, 2.24) is 10.6 Å². The number of nitrogens with one attached hydrogen (secondary N) is 2. The van der Waals surface area contributed by atoms with Gasteiger partial charge in [0.15, 0.2) is 0 Å². The van der Waals surface area contributed by atoms with E-state index in [2.05, 4.69) is 28.8 Å². The van der Waals surface area contributed by atoms with Gasteiger partial charge in [-0.15, -0.1) is 0 Å². The van der Waals surface area contributed by atoms with Gasteiger partial charge in [-0.1, -0.05) is 24.3 Å². The molecule has 0 saturated carbocycles. The molecule has 5 nitrogen and oxygen atoms in total. The topological polar surface area (TPSA) is 61.4 Å². The van der Waals surface area contributed by atoms with Crippen molar-refractivity contribution in [3.8, 4) is 0 Å². The third-order valence-corrected chi connectivity index (χ3v) is 4.97. The van der Waals surface area contributed by atoms with E-state index in [0.29, 0.717) is 18.7 Å². The van der Waals surface area contributed by atoms with Gasteiger partial charge in [0.05, 0.1) is 6.04 Å². The van der Waals surface area contributed by atoms with Crippen LogP contribution >= 0.6 is 0 Å². The van der Waals surface area contributed by atoms with Crippen LogP contribution in [-0.4, -0.2) is 25.0 Å². The molecule has 1 aliphatic carbocycles. The highest BCUT2D eigenvalue weighted by molar-refractivity contribution is 5.97. The molecule has 1 atom stereocenters. The lowest BCUT2D eigenvalue weighted by molar-refractivity contribution is 0.0933. The number of urea groups is 1. The van der Waals surface area contributed by atoms with Crippen LogP contribution < -0.4 is 15.5 Å². The Morgan fingerprint density at radius 3 is 2.68 bits per heavy atom. The molecule has 0 spiro atoms. The summed E-state index contributed by atoms with van der Waals surface area (Å²) in [5.74, 6) is -0.0703. The van der Waals surface area contributed by atoms with Crippen LogP contribution in [0.25, 0.3) is 0 Å². The summed E-state index contributed by atoms with van der Waals surface area (Å²) in [6, 6.07) is 15.5. The number of amides is 3. The number of carbonyl (C=O) groups excluding carboxylic acids is 2. The molecule has 128 valence electrons. The highest BCUT2D eigenvalue weighted by atomic mass is 16.2. The first kappa shape index (κ1) is 15.7. The summed E-state index contributed by atoms with van der Waals surface area (Å²) in [4.78, 5) is 26.0. The van der Waals surface area contributed by atoms with Crippen LogP contribution in [0.4, 0.5) is 10.5 Å². The lowest BCUT2D eigenvalue weighted by Crippen LogP contribution is -2.31. The first-order valence-corrected chi connectivity index (χ1v) is 8.76. The first-order valence-electron chi connectivity index (χ1n) is 8.76. The number of anilines is 1. The van der Waals surface area contributed by atoms with E-state index in [1.807, 2.05) is 18.2 Å². The predicted octanol–water partition coefficient (Wildman–Crippen LogP) is 3.02. The van der Waals surface area contributed by atoms with Crippen molar-refractivity contribution in [2.75, 3.05) is 18.0 Å². The monoisotopic (exact) mass is 335 g/mol. The van der Waals surface area contributed by atoms with E-state index in [0.717, 1.165) is 24.9 Å². The van der Waals surface area contributed by atoms with Crippen LogP contribution in [0.1, 0.15) is 40.4 Å². The Balaban J connectivity index is 1.48. The number of benzene rings is 2. The summed E-state index contributed by atoms with van der Waals surface area (Å²) in [7, 11) is 0. The lowest BCUT2D eigenvalue weighted by Gasteiger charge is -2.26. The molecule has 2 aromatic rings. The van der Waals surface area contributed by atoms with Crippen molar-refractivity contribution in [2.24, 2.45) is 0 Å². The van der Waals surface area contributed by atoms with Gasteiger partial charge in [0.2, 0.25) is 0 Å². The minimum Gasteiger partial charge on any atom is -0.345 e. The normalized spacial score (nSPS) is 19.3. The second kappa shape index (κ2) is 6.59. The molecule has 5 heteroatoms. The summed E-state index contributed by atoms with van der Waals surface area (Å²) in [5, 5.41) is 5.93. The second-order valence-corrected chi connectivity index (χ2v) is 6.55. The molecule has 2 N–H and O–H groups in total. The number of rotatable bonds is 3. The van der Waals surface area contributed by atoms with Crippen molar-refractivity contribution in [1.29, 1.82) is 0 Å². The van der Waals surface area contributed by atoms with E-state index in [1.54, 1.807) is 17.0 Å². The molecule has 1 aliphatic heterocycles. The fourth-order valence-corrected chi connectivity index (χ4v) is 3.66. The highest BCUT2D eigenvalue weighted by Crippen LogP contribution is 2.29. The molecule has 1 fully saturated rings. The van der Waals surface area contributed by atoms with E-state index in [9.17, 15) is 9.59 Å². The third kappa shape index (κ3) is 3.09. The van der Waals surface area contributed by atoms with Gasteiger partial charge in [-0.2, -0.15) is 0 Å². The van der Waals surface area contributed by atoms with Crippen LogP contribution in [0.2, 0.25) is 0 Å². The molecule has 2 aliphatic rings. The van der Waals surface area contributed by atoms with Gasteiger partial charge < -0.3 is 10.6 Å². The molecule has 0 aromatic heterocycles. The molecule has 25 heavy (non-hydrogen) atoms. The van der Waals surface area contributed by atoms with Crippen LogP contribution in [0, 0.1) is 0 Å². The van der Waals surface area contributed by atoms with Crippen LogP contribution in [0.5, 0.6) is 0 Å². The Hall–Kier alpha value is -2.82. The number of fused-ring (bicyclic) bond motifs is 1. The summed E-state index contributed by atoms with van der Waals surface area (Å²) >= 11 is 0. The molecule has 3 amide bonds. The number of nitrogens with zero attached hydrogens (tertiary/aromatic N) is 1. The minimum atomic E-state index is -0.0870. The minimum absolute atomic E-state index is 0.0703. The summed E-state index contributed by atoms with van der Waals surface area (Å²) in [6.07, 6.45) is 3.13. The third-order valence-electron chi connectivity index (χ3n) is 4.97.